The molecule has 0 atom stereocenters. The van der Waals surface area contributed by atoms with Crippen molar-refractivity contribution in [3.05, 3.63) is 63.9 Å². The van der Waals surface area contributed by atoms with Crippen molar-refractivity contribution >= 4 is 40.1 Å². The lowest BCUT2D eigenvalue weighted by atomic mass is 10.1. The Balaban J connectivity index is 1.45. The highest BCUT2D eigenvalue weighted by atomic mass is 35.5. The summed E-state index contributed by atoms with van der Waals surface area (Å²) >= 11 is 12.8. The normalized spacial score (nSPS) is 14.5. The molecule has 1 aliphatic rings. The molecule has 0 bridgehead atoms. The third kappa shape index (κ3) is 4.97. The summed E-state index contributed by atoms with van der Waals surface area (Å²) in [6.07, 6.45) is 3.45. The highest BCUT2D eigenvalue weighted by Gasteiger charge is 2.16. The smallest absolute Gasteiger partial charge is 0.221 e. The number of aryl methyl sites for hydroxylation is 1. The molecular formula is C23H26Cl2N4O. The summed E-state index contributed by atoms with van der Waals surface area (Å²) in [5.74, 6) is 0.921. The molecule has 3 aromatic rings. The fourth-order valence-electron chi connectivity index (χ4n) is 4.03. The standard InChI is InChI=1S/C23H26Cl2N4O/c24-18-6-5-7-19(25)17(18)16-22-27-20-8-1-2-9-21(20)29(22)14-10-23(30)26-11-15-28-12-3-4-13-28/h1-2,5-9H,3-4,10-16H2,(H,26,30). The Morgan fingerprint density at radius 1 is 1.00 bits per heavy atom. The van der Waals surface area contributed by atoms with Crippen molar-refractivity contribution in [2.24, 2.45) is 0 Å². The van der Waals surface area contributed by atoms with Gasteiger partial charge in [0.2, 0.25) is 5.91 Å². The van der Waals surface area contributed by atoms with Gasteiger partial charge in [-0.1, -0.05) is 41.4 Å². The van der Waals surface area contributed by atoms with E-state index in [1.807, 2.05) is 42.5 Å². The molecule has 30 heavy (non-hydrogen) atoms. The summed E-state index contributed by atoms with van der Waals surface area (Å²) in [6.45, 7) is 4.48. The van der Waals surface area contributed by atoms with Gasteiger partial charge in [-0.2, -0.15) is 0 Å². The number of imidazole rings is 1. The number of aromatic nitrogens is 2. The quantitative estimate of drug-likeness (QED) is 0.554. The molecule has 1 fully saturated rings. The van der Waals surface area contributed by atoms with Crippen molar-refractivity contribution in [3.8, 4) is 0 Å². The zero-order valence-electron chi connectivity index (χ0n) is 16.9. The molecular weight excluding hydrogens is 419 g/mol. The first-order chi connectivity index (χ1) is 14.6. The lowest BCUT2D eigenvalue weighted by Crippen LogP contribution is -2.33. The van der Waals surface area contributed by atoms with Gasteiger partial charge in [-0.3, -0.25) is 4.79 Å². The average Bonchev–Trinajstić information content (AvgIpc) is 3.37. The molecule has 0 unspecified atom stereocenters. The van der Waals surface area contributed by atoms with Gasteiger partial charge in [0.1, 0.15) is 5.82 Å². The number of rotatable bonds is 8. The van der Waals surface area contributed by atoms with Gasteiger partial charge in [0.15, 0.2) is 0 Å². The molecule has 0 saturated carbocycles. The SMILES string of the molecule is O=C(CCn1c(Cc2c(Cl)cccc2Cl)nc2ccccc21)NCCN1CCCC1. The lowest BCUT2D eigenvalue weighted by Gasteiger charge is -2.15. The zero-order valence-corrected chi connectivity index (χ0v) is 18.4. The number of halogens is 2. The van der Waals surface area contributed by atoms with E-state index in [4.69, 9.17) is 28.2 Å². The molecule has 1 N–H and O–H groups in total. The topological polar surface area (TPSA) is 50.2 Å². The van der Waals surface area contributed by atoms with Gasteiger partial charge in [0.05, 0.1) is 11.0 Å². The number of carbonyl (C=O) groups is 1. The number of likely N-dealkylation sites (tertiary alicyclic amines) is 1. The second-order valence-electron chi connectivity index (χ2n) is 7.69. The number of fused-ring (bicyclic) bond motifs is 1. The van der Waals surface area contributed by atoms with Crippen molar-refractivity contribution in [3.63, 3.8) is 0 Å². The third-order valence-electron chi connectivity index (χ3n) is 5.64. The van der Waals surface area contributed by atoms with Gasteiger partial charge < -0.3 is 14.8 Å². The molecule has 2 heterocycles. The van der Waals surface area contributed by atoms with Crippen LogP contribution in [0.4, 0.5) is 0 Å². The predicted molar refractivity (Wildman–Crippen MR) is 122 cm³/mol. The van der Waals surface area contributed by atoms with Gasteiger partial charge in [0, 0.05) is 42.5 Å². The average molecular weight is 445 g/mol. The molecule has 1 aromatic heterocycles. The first kappa shape index (κ1) is 21.2. The molecule has 158 valence electrons. The summed E-state index contributed by atoms with van der Waals surface area (Å²) in [7, 11) is 0. The molecule has 0 radical (unpaired) electrons. The molecule has 0 aliphatic carbocycles. The predicted octanol–water partition coefficient (Wildman–Crippen LogP) is 4.54. The number of hydrogen-bond acceptors (Lipinski definition) is 3. The maximum absolute atomic E-state index is 12.4. The Morgan fingerprint density at radius 3 is 2.50 bits per heavy atom. The molecule has 4 rings (SSSR count). The number of amides is 1. The van der Waals surface area contributed by atoms with Crippen LogP contribution in [-0.2, 0) is 17.8 Å². The van der Waals surface area contributed by atoms with E-state index >= 15 is 0 Å². The molecule has 1 aliphatic heterocycles. The Labute approximate surface area is 187 Å². The van der Waals surface area contributed by atoms with E-state index < -0.39 is 0 Å². The molecule has 2 aromatic carbocycles. The van der Waals surface area contributed by atoms with Crippen LogP contribution < -0.4 is 5.32 Å². The Bertz CT molecular complexity index is 1010. The largest absolute Gasteiger partial charge is 0.355 e. The minimum absolute atomic E-state index is 0.0636. The summed E-state index contributed by atoms with van der Waals surface area (Å²) in [5, 5.41) is 4.30. The van der Waals surface area contributed by atoms with Gasteiger partial charge >= 0.3 is 0 Å². The van der Waals surface area contributed by atoms with E-state index in [1.165, 1.54) is 12.8 Å². The van der Waals surface area contributed by atoms with Crippen molar-refractivity contribution in [1.29, 1.82) is 0 Å². The van der Waals surface area contributed by atoms with Crippen LogP contribution >= 0.6 is 23.2 Å². The van der Waals surface area contributed by atoms with Crippen LogP contribution in [-0.4, -0.2) is 46.5 Å². The van der Waals surface area contributed by atoms with Gasteiger partial charge in [-0.05, 0) is 55.8 Å². The minimum Gasteiger partial charge on any atom is -0.355 e. The molecule has 7 heteroatoms. The zero-order chi connectivity index (χ0) is 20.9. The first-order valence-electron chi connectivity index (χ1n) is 10.5. The molecule has 5 nitrogen and oxygen atoms in total. The number of benzene rings is 2. The number of carbonyl (C=O) groups excluding carboxylic acids is 1. The third-order valence-corrected chi connectivity index (χ3v) is 6.35. The summed E-state index contributed by atoms with van der Waals surface area (Å²) in [6, 6.07) is 13.5. The minimum atomic E-state index is 0.0636. The second-order valence-corrected chi connectivity index (χ2v) is 8.51. The Morgan fingerprint density at radius 2 is 1.73 bits per heavy atom. The van der Waals surface area contributed by atoms with Crippen molar-refractivity contribution in [1.82, 2.24) is 19.8 Å². The van der Waals surface area contributed by atoms with Crippen molar-refractivity contribution in [2.45, 2.75) is 32.2 Å². The van der Waals surface area contributed by atoms with Crippen LogP contribution in [0.3, 0.4) is 0 Å². The number of nitrogens with zero attached hydrogens (tertiary/aromatic N) is 3. The van der Waals surface area contributed by atoms with Crippen LogP contribution in [0.15, 0.2) is 42.5 Å². The Hall–Kier alpha value is -2.08. The van der Waals surface area contributed by atoms with Crippen LogP contribution in [0.1, 0.15) is 30.7 Å². The number of nitrogens with one attached hydrogen (secondary N) is 1. The number of para-hydroxylation sites is 2. The summed E-state index contributed by atoms with van der Waals surface area (Å²) in [4.78, 5) is 19.6. The van der Waals surface area contributed by atoms with Crippen LogP contribution in [0.2, 0.25) is 10.0 Å². The maximum atomic E-state index is 12.4. The van der Waals surface area contributed by atoms with Gasteiger partial charge in [-0.15, -0.1) is 0 Å². The van der Waals surface area contributed by atoms with E-state index in [2.05, 4.69) is 14.8 Å². The highest BCUT2D eigenvalue weighted by molar-refractivity contribution is 6.36. The van der Waals surface area contributed by atoms with Crippen LogP contribution in [0, 0.1) is 0 Å². The van der Waals surface area contributed by atoms with Crippen LogP contribution in [0.5, 0.6) is 0 Å². The lowest BCUT2D eigenvalue weighted by molar-refractivity contribution is -0.121. The van der Waals surface area contributed by atoms with Gasteiger partial charge in [-0.25, -0.2) is 4.98 Å². The highest BCUT2D eigenvalue weighted by Crippen LogP contribution is 2.28. The van der Waals surface area contributed by atoms with E-state index in [-0.39, 0.29) is 5.91 Å². The summed E-state index contributed by atoms with van der Waals surface area (Å²) in [5.41, 5.74) is 2.78. The van der Waals surface area contributed by atoms with Crippen molar-refractivity contribution in [2.75, 3.05) is 26.2 Å². The van der Waals surface area contributed by atoms with E-state index in [0.29, 0.717) is 36.0 Å². The van der Waals surface area contributed by atoms with E-state index in [9.17, 15) is 4.79 Å². The monoisotopic (exact) mass is 444 g/mol. The molecule has 0 spiro atoms. The van der Waals surface area contributed by atoms with E-state index in [0.717, 1.165) is 42.1 Å². The Kier molecular flexibility index (Phi) is 6.93. The fourth-order valence-corrected chi connectivity index (χ4v) is 4.56. The van der Waals surface area contributed by atoms with Crippen molar-refractivity contribution < 1.29 is 4.79 Å². The first-order valence-corrected chi connectivity index (χ1v) is 11.2. The van der Waals surface area contributed by atoms with E-state index in [1.54, 1.807) is 0 Å². The number of hydrogen-bond donors (Lipinski definition) is 1. The van der Waals surface area contributed by atoms with Gasteiger partial charge in [0.25, 0.3) is 0 Å². The molecule has 1 amide bonds. The second kappa shape index (κ2) is 9.82. The summed E-state index contributed by atoms with van der Waals surface area (Å²) < 4.78 is 2.11. The fraction of sp³-hybridized carbons (Fsp3) is 0.391. The molecule has 1 saturated heterocycles. The maximum Gasteiger partial charge on any atom is 0.221 e. The van der Waals surface area contributed by atoms with Crippen LogP contribution in [0.25, 0.3) is 11.0 Å².